The average molecular weight is 415 g/mol. The van der Waals surface area contributed by atoms with E-state index >= 15 is 0 Å². The van der Waals surface area contributed by atoms with E-state index in [0.29, 0.717) is 38.8 Å². The zero-order chi connectivity index (χ0) is 22.2. The highest BCUT2D eigenvalue weighted by Gasteiger charge is 2.20. The van der Waals surface area contributed by atoms with Crippen molar-refractivity contribution < 1.29 is 28.7 Å². The fraction of sp³-hybridized carbons (Fsp3) is 0.737. The molecular formula is C19H34N4O6. The summed E-state index contributed by atoms with van der Waals surface area (Å²) < 4.78 is 4.67. The van der Waals surface area contributed by atoms with Crippen LogP contribution in [0.2, 0.25) is 0 Å². The summed E-state index contributed by atoms with van der Waals surface area (Å²) >= 11 is 0. The van der Waals surface area contributed by atoms with Crippen LogP contribution in [0.3, 0.4) is 0 Å². The van der Waals surface area contributed by atoms with Gasteiger partial charge in [-0.2, -0.15) is 0 Å². The topological polar surface area (TPSA) is 143 Å². The molecule has 0 spiro atoms. The second kappa shape index (κ2) is 15.3. The van der Waals surface area contributed by atoms with Crippen LogP contribution >= 0.6 is 0 Å². The van der Waals surface area contributed by atoms with Crippen LogP contribution in [-0.4, -0.2) is 61.9 Å². The second-order valence-corrected chi connectivity index (χ2v) is 6.90. The van der Waals surface area contributed by atoms with Crippen LogP contribution in [0.5, 0.6) is 0 Å². The number of ether oxygens (including phenoxy) is 1. The third-order valence-electron chi connectivity index (χ3n) is 4.05. The fourth-order valence-electron chi connectivity index (χ4n) is 2.76. The van der Waals surface area contributed by atoms with E-state index in [-0.39, 0.29) is 42.5 Å². The van der Waals surface area contributed by atoms with Gasteiger partial charge in [0.25, 0.3) is 0 Å². The van der Waals surface area contributed by atoms with Crippen LogP contribution in [0, 0.1) is 0 Å². The van der Waals surface area contributed by atoms with Gasteiger partial charge >= 0.3 is 5.97 Å². The van der Waals surface area contributed by atoms with Gasteiger partial charge in [0.1, 0.15) is 0 Å². The first-order valence-electron chi connectivity index (χ1n) is 9.76. The molecule has 0 saturated carbocycles. The van der Waals surface area contributed by atoms with Crippen LogP contribution in [0.15, 0.2) is 0 Å². The zero-order valence-corrected chi connectivity index (χ0v) is 17.8. The van der Waals surface area contributed by atoms with Gasteiger partial charge in [-0.1, -0.05) is 0 Å². The maximum absolute atomic E-state index is 12.4. The predicted molar refractivity (Wildman–Crippen MR) is 107 cm³/mol. The summed E-state index contributed by atoms with van der Waals surface area (Å²) in [7, 11) is 1.28. The van der Waals surface area contributed by atoms with Crippen molar-refractivity contribution in [2.75, 3.05) is 20.2 Å². The molecule has 0 aliphatic rings. The molecule has 0 bridgehead atoms. The molecule has 0 aromatic rings. The Bertz CT molecular complexity index is 567. The number of rotatable bonds is 14. The van der Waals surface area contributed by atoms with Gasteiger partial charge in [-0.25, -0.2) is 0 Å². The van der Waals surface area contributed by atoms with E-state index in [1.54, 1.807) is 0 Å². The Labute approximate surface area is 171 Å². The van der Waals surface area contributed by atoms with Crippen LogP contribution in [-0.2, 0) is 28.7 Å². The van der Waals surface area contributed by atoms with Gasteiger partial charge in [-0.3, -0.25) is 24.0 Å². The van der Waals surface area contributed by atoms with Crippen molar-refractivity contribution in [2.24, 2.45) is 0 Å². The van der Waals surface area contributed by atoms with E-state index in [2.05, 4.69) is 26.0 Å². The number of nitrogens with one attached hydrogen (secondary N) is 4. The van der Waals surface area contributed by atoms with E-state index in [1.807, 2.05) is 0 Å². The Morgan fingerprint density at radius 1 is 0.724 bits per heavy atom. The molecule has 0 radical (unpaired) electrons. The zero-order valence-electron chi connectivity index (χ0n) is 17.8. The highest BCUT2D eigenvalue weighted by atomic mass is 16.5. The summed E-state index contributed by atoms with van der Waals surface area (Å²) in [5.41, 5.74) is 0. The summed E-state index contributed by atoms with van der Waals surface area (Å²) in [6, 6.07) is -0.805. The van der Waals surface area contributed by atoms with Crippen molar-refractivity contribution in [3.8, 4) is 0 Å². The number of carbonyl (C=O) groups excluding carboxylic acids is 5. The van der Waals surface area contributed by atoms with Crippen LogP contribution < -0.4 is 21.3 Å². The van der Waals surface area contributed by atoms with E-state index in [4.69, 9.17) is 0 Å². The highest BCUT2D eigenvalue weighted by molar-refractivity contribution is 5.79. The minimum atomic E-state index is -0.441. The van der Waals surface area contributed by atoms with Crippen molar-refractivity contribution in [1.82, 2.24) is 21.3 Å². The maximum Gasteiger partial charge on any atom is 0.307 e. The standard InChI is InChI=1S/C19H34N4O6/c1-13(24)20-9-5-7-16(22-15(3)26)11-18(27)23-17(12-19(28)29-4)8-6-10-21-14(2)25/h16-17H,5-12H2,1-4H3,(H,20,24)(H,21,25)(H,22,26)(H,23,27)/t16-,17-/m0/s1. The van der Waals surface area contributed by atoms with Crippen molar-refractivity contribution >= 4 is 29.6 Å². The van der Waals surface area contributed by atoms with Gasteiger partial charge in [0, 0.05) is 52.4 Å². The molecule has 0 unspecified atom stereocenters. The second-order valence-electron chi connectivity index (χ2n) is 6.90. The molecule has 0 heterocycles. The van der Waals surface area contributed by atoms with Crippen molar-refractivity contribution in [1.29, 1.82) is 0 Å². The molecule has 4 N–H and O–H groups in total. The minimum Gasteiger partial charge on any atom is -0.469 e. The molecule has 0 fully saturated rings. The van der Waals surface area contributed by atoms with Gasteiger partial charge in [0.2, 0.25) is 23.6 Å². The Balaban J connectivity index is 4.66. The summed E-state index contributed by atoms with van der Waals surface area (Å²) in [4.78, 5) is 57.3. The Kier molecular flexibility index (Phi) is 13.9. The number of amides is 4. The normalized spacial score (nSPS) is 12.3. The first-order valence-corrected chi connectivity index (χ1v) is 9.76. The number of esters is 1. The van der Waals surface area contributed by atoms with Crippen molar-refractivity contribution in [2.45, 2.75) is 71.4 Å². The lowest BCUT2D eigenvalue weighted by molar-refractivity contribution is -0.141. The SMILES string of the molecule is COC(=O)C[C@H](CCCNC(C)=O)NC(=O)C[C@H](CCCNC(C)=O)NC(C)=O. The molecule has 4 amide bonds. The monoisotopic (exact) mass is 414 g/mol. The maximum atomic E-state index is 12.4. The molecule has 0 rings (SSSR count). The largest absolute Gasteiger partial charge is 0.469 e. The van der Waals surface area contributed by atoms with E-state index in [0.717, 1.165) is 0 Å². The number of hydrogen-bond acceptors (Lipinski definition) is 6. The summed E-state index contributed by atoms with van der Waals surface area (Å²) in [6.45, 7) is 5.12. The number of hydrogen-bond donors (Lipinski definition) is 4. The van der Waals surface area contributed by atoms with Crippen LogP contribution in [0.25, 0.3) is 0 Å². The summed E-state index contributed by atoms with van der Waals surface area (Å²) in [5, 5.41) is 10.9. The lowest BCUT2D eigenvalue weighted by atomic mass is 10.0. The molecule has 10 nitrogen and oxygen atoms in total. The third-order valence-corrected chi connectivity index (χ3v) is 4.05. The van der Waals surface area contributed by atoms with Gasteiger partial charge in [-0.15, -0.1) is 0 Å². The Hall–Kier alpha value is -2.65. The predicted octanol–water partition coefficient (Wildman–Crippen LogP) is -0.238. The highest BCUT2D eigenvalue weighted by Crippen LogP contribution is 2.07. The molecule has 0 aromatic carbocycles. The number of carbonyl (C=O) groups is 5. The number of methoxy groups -OCH3 is 1. The van der Waals surface area contributed by atoms with E-state index in [9.17, 15) is 24.0 Å². The minimum absolute atomic E-state index is 0.0235. The quantitative estimate of drug-likeness (QED) is 0.228. The lowest BCUT2D eigenvalue weighted by Crippen LogP contribution is -2.42. The molecule has 0 aromatic heterocycles. The lowest BCUT2D eigenvalue weighted by Gasteiger charge is -2.21. The molecular weight excluding hydrogens is 380 g/mol. The van der Waals surface area contributed by atoms with Crippen LogP contribution in [0.4, 0.5) is 0 Å². The first kappa shape index (κ1) is 26.4. The molecule has 10 heteroatoms. The van der Waals surface area contributed by atoms with Crippen molar-refractivity contribution in [3.63, 3.8) is 0 Å². The first-order chi connectivity index (χ1) is 13.6. The Morgan fingerprint density at radius 2 is 1.21 bits per heavy atom. The molecule has 0 aliphatic heterocycles. The van der Waals surface area contributed by atoms with E-state index in [1.165, 1.54) is 27.9 Å². The smallest absolute Gasteiger partial charge is 0.307 e. The fourth-order valence-corrected chi connectivity index (χ4v) is 2.76. The Morgan fingerprint density at radius 3 is 1.62 bits per heavy atom. The molecule has 0 saturated heterocycles. The van der Waals surface area contributed by atoms with Crippen LogP contribution in [0.1, 0.15) is 59.3 Å². The van der Waals surface area contributed by atoms with E-state index < -0.39 is 12.0 Å². The average Bonchev–Trinajstić information content (AvgIpc) is 2.61. The van der Waals surface area contributed by atoms with Gasteiger partial charge in [0.15, 0.2) is 0 Å². The molecule has 166 valence electrons. The van der Waals surface area contributed by atoms with Gasteiger partial charge < -0.3 is 26.0 Å². The summed E-state index contributed by atoms with van der Waals surface area (Å²) in [5.74, 6) is -1.26. The summed E-state index contributed by atoms with van der Waals surface area (Å²) in [6.07, 6.45) is 2.30. The van der Waals surface area contributed by atoms with Gasteiger partial charge in [0.05, 0.1) is 13.5 Å². The molecule has 2 atom stereocenters. The van der Waals surface area contributed by atoms with Crippen molar-refractivity contribution in [3.05, 3.63) is 0 Å². The van der Waals surface area contributed by atoms with Gasteiger partial charge in [-0.05, 0) is 25.7 Å². The third kappa shape index (κ3) is 16.0. The molecule has 0 aliphatic carbocycles. The molecule has 29 heavy (non-hydrogen) atoms.